The highest BCUT2D eigenvalue weighted by molar-refractivity contribution is 5.99. The first kappa shape index (κ1) is 20.3. The van der Waals surface area contributed by atoms with Crippen LogP contribution in [0.5, 0.6) is 0 Å². The predicted molar refractivity (Wildman–Crippen MR) is 115 cm³/mol. The molecular formula is C22H26FN5O2. The molecule has 1 aliphatic rings. The Kier molecular flexibility index (Phi) is 6.25. The molecule has 3 heterocycles. The number of nitrogens with zero attached hydrogens (tertiary/aromatic N) is 3. The number of carbonyl (C=O) groups is 1. The van der Waals surface area contributed by atoms with Gasteiger partial charge in [0.15, 0.2) is 0 Å². The summed E-state index contributed by atoms with van der Waals surface area (Å²) in [7, 11) is 2.14. The van der Waals surface area contributed by atoms with Gasteiger partial charge in [-0.2, -0.15) is 0 Å². The summed E-state index contributed by atoms with van der Waals surface area (Å²) >= 11 is 0. The number of rotatable bonds is 7. The number of anilines is 2. The molecule has 1 fully saturated rings. The molecule has 30 heavy (non-hydrogen) atoms. The van der Waals surface area contributed by atoms with Crippen molar-refractivity contribution in [2.24, 2.45) is 0 Å². The Morgan fingerprint density at radius 1 is 1.17 bits per heavy atom. The minimum Gasteiger partial charge on any atom is -0.464 e. The number of halogens is 1. The molecule has 0 atom stereocenters. The molecule has 2 N–H and O–H groups in total. The summed E-state index contributed by atoms with van der Waals surface area (Å²) in [5.74, 6) is -0.0593. The Bertz CT molecular complexity index is 996. The first-order valence-electron chi connectivity index (χ1n) is 10.2. The molecule has 7 nitrogen and oxygen atoms in total. The number of amides is 1. The highest BCUT2D eigenvalue weighted by Crippen LogP contribution is 2.26. The average molecular weight is 411 g/mol. The quantitative estimate of drug-likeness (QED) is 0.582. The van der Waals surface area contributed by atoms with Gasteiger partial charge in [-0.15, -0.1) is 0 Å². The molecular weight excluding hydrogens is 385 g/mol. The molecule has 1 aliphatic heterocycles. The van der Waals surface area contributed by atoms with Crippen LogP contribution >= 0.6 is 0 Å². The van der Waals surface area contributed by atoms with E-state index in [1.165, 1.54) is 12.1 Å². The van der Waals surface area contributed by atoms with E-state index in [4.69, 9.17) is 4.42 Å². The predicted octanol–water partition coefficient (Wildman–Crippen LogP) is 3.08. The van der Waals surface area contributed by atoms with Crippen molar-refractivity contribution in [2.75, 3.05) is 51.6 Å². The van der Waals surface area contributed by atoms with Crippen molar-refractivity contribution < 1.29 is 13.6 Å². The third-order valence-corrected chi connectivity index (χ3v) is 5.32. The van der Waals surface area contributed by atoms with Gasteiger partial charge in [-0.25, -0.2) is 9.37 Å². The van der Waals surface area contributed by atoms with E-state index in [1.54, 1.807) is 30.5 Å². The molecule has 8 heteroatoms. The number of nitrogens with one attached hydrogen (secondary N) is 2. The molecule has 1 aromatic carbocycles. The number of carbonyl (C=O) groups excluding carboxylic acids is 1. The van der Waals surface area contributed by atoms with Crippen LogP contribution in [0.1, 0.15) is 16.9 Å². The lowest BCUT2D eigenvalue weighted by atomic mass is 10.2. The lowest BCUT2D eigenvalue weighted by Gasteiger charge is -2.32. The zero-order valence-electron chi connectivity index (χ0n) is 17.0. The van der Waals surface area contributed by atoms with Crippen molar-refractivity contribution in [1.82, 2.24) is 20.1 Å². The lowest BCUT2D eigenvalue weighted by Crippen LogP contribution is -2.45. The Hall–Kier alpha value is -2.97. The van der Waals surface area contributed by atoms with Crippen LogP contribution < -0.4 is 10.6 Å². The van der Waals surface area contributed by atoms with Crippen molar-refractivity contribution in [3.05, 3.63) is 54.2 Å². The van der Waals surface area contributed by atoms with Crippen LogP contribution in [0.3, 0.4) is 0 Å². The van der Waals surface area contributed by atoms with Gasteiger partial charge in [-0.1, -0.05) is 0 Å². The molecule has 0 unspecified atom stereocenters. The minimum atomic E-state index is -0.313. The molecule has 0 spiro atoms. The minimum absolute atomic E-state index is 0.242. The summed E-state index contributed by atoms with van der Waals surface area (Å²) in [5.41, 5.74) is 1.52. The van der Waals surface area contributed by atoms with Gasteiger partial charge >= 0.3 is 0 Å². The summed E-state index contributed by atoms with van der Waals surface area (Å²) in [6, 6.07) is 9.40. The summed E-state index contributed by atoms with van der Waals surface area (Å²) in [6.07, 6.45) is 2.44. The normalized spacial score (nSPS) is 15.4. The third-order valence-electron chi connectivity index (χ3n) is 5.32. The zero-order valence-corrected chi connectivity index (χ0v) is 17.0. The second-order valence-electron chi connectivity index (χ2n) is 7.57. The molecule has 158 valence electrons. The standard InChI is InChI=1S/C22H26FN5O2/c1-27-10-12-28(13-11-27)9-2-8-24-22(29)19-15-20-18(7-14-30-20)21(26-19)25-17-5-3-16(23)4-6-17/h3-7,14-15H,2,8-13H2,1H3,(H,24,29)(H,25,26). The molecule has 4 rings (SSSR count). The van der Waals surface area contributed by atoms with E-state index < -0.39 is 0 Å². The van der Waals surface area contributed by atoms with Crippen LogP contribution in [-0.2, 0) is 0 Å². The second kappa shape index (κ2) is 9.23. The molecule has 1 amide bonds. The number of fused-ring (bicyclic) bond motifs is 1. The number of hydrogen-bond acceptors (Lipinski definition) is 6. The fourth-order valence-corrected chi connectivity index (χ4v) is 3.51. The van der Waals surface area contributed by atoms with Crippen molar-refractivity contribution in [3.8, 4) is 0 Å². The number of furan rings is 1. The maximum Gasteiger partial charge on any atom is 0.270 e. The second-order valence-corrected chi connectivity index (χ2v) is 7.57. The summed E-state index contributed by atoms with van der Waals surface area (Å²) < 4.78 is 18.7. The van der Waals surface area contributed by atoms with E-state index in [0.717, 1.165) is 44.5 Å². The number of benzene rings is 1. The monoisotopic (exact) mass is 411 g/mol. The molecule has 0 aliphatic carbocycles. The SMILES string of the molecule is CN1CCN(CCCNC(=O)c2cc3occc3c(Nc3ccc(F)cc3)n2)CC1. The van der Waals surface area contributed by atoms with E-state index in [2.05, 4.69) is 32.5 Å². The number of likely N-dealkylation sites (N-methyl/N-ethyl adjacent to an activating group) is 1. The van der Waals surface area contributed by atoms with Crippen LogP contribution in [0.25, 0.3) is 11.0 Å². The van der Waals surface area contributed by atoms with E-state index in [1.807, 2.05) is 0 Å². The third kappa shape index (κ3) is 4.95. The van der Waals surface area contributed by atoms with Crippen LogP contribution in [0.15, 0.2) is 47.1 Å². The van der Waals surface area contributed by atoms with Crippen LogP contribution in [0.4, 0.5) is 15.9 Å². The van der Waals surface area contributed by atoms with Gasteiger partial charge in [0.2, 0.25) is 0 Å². The highest BCUT2D eigenvalue weighted by atomic mass is 19.1. The van der Waals surface area contributed by atoms with E-state index in [0.29, 0.717) is 23.6 Å². The summed E-state index contributed by atoms with van der Waals surface area (Å²) in [6.45, 7) is 5.87. The van der Waals surface area contributed by atoms with Gasteiger partial charge < -0.3 is 24.9 Å². The molecule has 0 bridgehead atoms. The topological polar surface area (TPSA) is 73.6 Å². The largest absolute Gasteiger partial charge is 0.464 e. The number of piperazine rings is 1. The van der Waals surface area contributed by atoms with Crippen molar-refractivity contribution >= 4 is 28.4 Å². The fraction of sp³-hybridized carbons (Fsp3) is 0.364. The zero-order chi connectivity index (χ0) is 20.9. The Labute approximate surface area is 174 Å². The van der Waals surface area contributed by atoms with Crippen LogP contribution in [-0.4, -0.2) is 67.0 Å². The Morgan fingerprint density at radius 3 is 2.70 bits per heavy atom. The average Bonchev–Trinajstić information content (AvgIpc) is 3.23. The summed E-state index contributed by atoms with van der Waals surface area (Å²) in [4.78, 5) is 21.9. The first-order chi connectivity index (χ1) is 14.6. The van der Waals surface area contributed by atoms with Gasteiger partial charge in [-0.3, -0.25) is 4.79 Å². The molecule has 3 aromatic rings. The first-order valence-corrected chi connectivity index (χ1v) is 10.2. The van der Waals surface area contributed by atoms with E-state index in [9.17, 15) is 9.18 Å². The number of hydrogen-bond donors (Lipinski definition) is 2. The van der Waals surface area contributed by atoms with Crippen molar-refractivity contribution in [3.63, 3.8) is 0 Å². The molecule has 0 radical (unpaired) electrons. The van der Waals surface area contributed by atoms with E-state index >= 15 is 0 Å². The van der Waals surface area contributed by atoms with Crippen molar-refractivity contribution in [2.45, 2.75) is 6.42 Å². The van der Waals surface area contributed by atoms with Crippen LogP contribution in [0.2, 0.25) is 0 Å². The van der Waals surface area contributed by atoms with Crippen LogP contribution in [0, 0.1) is 5.82 Å². The fourth-order valence-electron chi connectivity index (χ4n) is 3.51. The molecule has 0 saturated carbocycles. The van der Waals surface area contributed by atoms with E-state index in [-0.39, 0.29) is 17.4 Å². The van der Waals surface area contributed by atoms with Gasteiger partial charge in [0.05, 0.1) is 11.6 Å². The maximum atomic E-state index is 13.2. The Morgan fingerprint density at radius 2 is 1.93 bits per heavy atom. The molecule has 2 aromatic heterocycles. The summed E-state index contributed by atoms with van der Waals surface area (Å²) in [5, 5.41) is 6.84. The van der Waals surface area contributed by atoms with Gasteiger partial charge in [-0.05, 0) is 50.3 Å². The maximum absolute atomic E-state index is 13.2. The smallest absolute Gasteiger partial charge is 0.270 e. The molecule has 1 saturated heterocycles. The lowest BCUT2D eigenvalue weighted by molar-refractivity contribution is 0.0944. The number of pyridine rings is 1. The van der Waals surface area contributed by atoms with Crippen molar-refractivity contribution in [1.29, 1.82) is 0 Å². The highest BCUT2D eigenvalue weighted by Gasteiger charge is 2.16. The van der Waals surface area contributed by atoms with Gasteiger partial charge in [0, 0.05) is 44.5 Å². The van der Waals surface area contributed by atoms with Gasteiger partial charge in [0.25, 0.3) is 5.91 Å². The van der Waals surface area contributed by atoms with Gasteiger partial charge in [0.1, 0.15) is 22.9 Å². The Balaban J connectivity index is 1.38. The number of aromatic nitrogens is 1.